The number of nitrogens with one attached hydrogen (secondary N) is 1. The Kier molecular flexibility index (Phi) is 3.28. The van der Waals surface area contributed by atoms with E-state index in [2.05, 4.69) is 17.6 Å². The van der Waals surface area contributed by atoms with Gasteiger partial charge in [-0.2, -0.15) is 0 Å². The molecule has 3 nitrogen and oxygen atoms in total. The number of aromatic amines is 1. The molecule has 0 radical (unpaired) electrons. The summed E-state index contributed by atoms with van der Waals surface area (Å²) in [6.07, 6.45) is 2.67. The molecule has 0 saturated carbocycles. The van der Waals surface area contributed by atoms with Crippen LogP contribution in [0.3, 0.4) is 0 Å². The largest absolute Gasteiger partial charge is 0.462 e. The Hall–Kier alpha value is -2.03. The Morgan fingerprint density at radius 2 is 2.18 bits per heavy atom. The van der Waals surface area contributed by atoms with Crippen LogP contribution in [0.4, 0.5) is 0 Å². The lowest BCUT2D eigenvalue weighted by Gasteiger charge is -2.03. The Morgan fingerprint density at radius 3 is 2.94 bits per heavy atom. The molecular weight excluding hydrogens is 214 g/mol. The van der Waals surface area contributed by atoms with E-state index in [4.69, 9.17) is 4.74 Å². The minimum absolute atomic E-state index is 0.329. The lowest BCUT2D eigenvalue weighted by molar-refractivity contribution is -0.138. The second kappa shape index (κ2) is 4.87. The molecule has 0 saturated heterocycles. The van der Waals surface area contributed by atoms with E-state index in [1.807, 2.05) is 24.4 Å². The van der Waals surface area contributed by atoms with E-state index in [9.17, 15) is 4.79 Å². The van der Waals surface area contributed by atoms with E-state index >= 15 is 0 Å². The molecule has 0 aliphatic heterocycles. The summed E-state index contributed by atoms with van der Waals surface area (Å²) < 4.78 is 5.07. The van der Waals surface area contributed by atoms with E-state index in [1.54, 1.807) is 6.92 Å². The summed E-state index contributed by atoms with van der Waals surface area (Å²) >= 11 is 0. The summed E-state index contributed by atoms with van der Waals surface area (Å²) in [5.74, 6) is -0.329. The number of carbonyl (C=O) groups is 1. The number of ether oxygens (including phenoxy) is 1. The standard InChI is InChI=1S/C14H15NO2/c1-10(2)14(16)17-8-7-11-9-15-13-6-4-3-5-12(11)13/h3-6,9,15H,1,7-8H2,2H3. The first kappa shape index (κ1) is 11.5. The van der Waals surface area contributed by atoms with Gasteiger partial charge in [-0.05, 0) is 18.6 Å². The summed E-state index contributed by atoms with van der Waals surface area (Å²) in [5.41, 5.74) is 2.70. The van der Waals surface area contributed by atoms with Gasteiger partial charge in [-0.1, -0.05) is 24.8 Å². The van der Waals surface area contributed by atoms with E-state index in [0.717, 1.165) is 11.1 Å². The Balaban J connectivity index is 2.00. The summed E-state index contributed by atoms with van der Waals surface area (Å²) in [7, 11) is 0. The van der Waals surface area contributed by atoms with Crippen molar-refractivity contribution in [3.05, 3.63) is 48.2 Å². The smallest absolute Gasteiger partial charge is 0.333 e. The van der Waals surface area contributed by atoms with Crippen LogP contribution in [-0.2, 0) is 16.0 Å². The van der Waals surface area contributed by atoms with Crippen LogP contribution in [0, 0.1) is 0 Å². The van der Waals surface area contributed by atoms with Gasteiger partial charge in [0.1, 0.15) is 0 Å². The first-order chi connectivity index (χ1) is 8.18. The molecule has 0 bridgehead atoms. The maximum atomic E-state index is 11.2. The van der Waals surface area contributed by atoms with Crippen molar-refractivity contribution in [1.82, 2.24) is 4.98 Å². The third-order valence-corrected chi connectivity index (χ3v) is 2.63. The van der Waals surface area contributed by atoms with Crippen molar-refractivity contribution in [1.29, 1.82) is 0 Å². The van der Waals surface area contributed by atoms with E-state index < -0.39 is 0 Å². The van der Waals surface area contributed by atoms with Crippen molar-refractivity contribution in [3.8, 4) is 0 Å². The monoisotopic (exact) mass is 229 g/mol. The molecule has 1 heterocycles. The van der Waals surface area contributed by atoms with E-state index in [0.29, 0.717) is 18.6 Å². The zero-order valence-electron chi connectivity index (χ0n) is 9.82. The number of rotatable bonds is 4. The maximum Gasteiger partial charge on any atom is 0.333 e. The van der Waals surface area contributed by atoms with Crippen molar-refractivity contribution < 1.29 is 9.53 Å². The van der Waals surface area contributed by atoms with Crippen LogP contribution in [0.25, 0.3) is 10.9 Å². The highest BCUT2D eigenvalue weighted by Crippen LogP contribution is 2.18. The molecule has 3 heteroatoms. The molecular formula is C14H15NO2. The molecule has 2 aromatic rings. The fourth-order valence-electron chi connectivity index (χ4n) is 1.72. The van der Waals surface area contributed by atoms with Gasteiger partial charge in [0.05, 0.1) is 6.61 Å². The van der Waals surface area contributed by atoms with Crippen LogP contribution >= 0.6 is 0 Å². The molecule has 0 aliphatic carbocycles. The first-order valence-corrected chi connectivity index (χ1v) is 5.56. The Morgan fingerprint density at radius 1 is 1.41 bits per heavy atom. The second-order valence-electron chi connectivity index (χ2n) is 4.03. The zero-order valence-corrected chi connectivity index (χ0v) is 9.82. The molecule has 0 spiro atoms. The fraction of sp³-hybridized carbons (Fsp3) is 0.214. The molecule has 0 fully saturated rings. The zero-order chi connectivity index (χ0) is 12.3. The van der Waals surface area contributed by atoms with Gasteiger partial charge in [0.15, 0.2) is 0 Å². The van der Waals surface area contributed by atoms with Gasteiger partial charge in [-0.25, -0.2) is 4.79 Å². The van der Waals surface area contributed by atoms with E-state index in [1.165, 1.54) is 5.39 Å². The Bertz CT molecular complexity index is 554. The number of esters is 1. The van der Waals surface area contributed by atoms with Crippen molar-refractivity contribution in [2.45, 2.75) is 13.3 Å². The quantitative estimate of drug-likeness (QED) is 0.647. The normalized spacial score (nSPS) is 10.4. The topological polar surface area (TPSA) is 42.1 Å². The molecule has 2 rings (SSSR count). The number of carbonyl (C=O) groups excluding carboxylic acids is 1. The summed E-state index contributed by atoms with van der Waals surface area (Å²) in [6.45, 7) is 5.57. The number of para-hydroxylation sites is 1. The molecule has 0 atom stereocenters. The lowest BCUT2D eigenvalue weighted by atomic mass is 10.1. The molecule has 88 valence electrons. The Labute approximate surface area is 100 Å². The summed E-state index contributed by atoms with van der Waals surface area (Å²) in [5, 5.41) is 1.18. The molecule has 1 N–H and O–H groups in total. The van der Waals surface area contributed by atoms with Crippen LogP contribution in [0.5, 0.6) is 0 Å². The predicted octanol–water partition coefficient (Wildman–Crippen LogP) is 2.83. The third-order valence-electron chi connectivity index (χ3n) is 2.63. The lowest BCUT2D eigenvalue weighted by Crippen LogP contribution is -2.07. The minimum atomic E-state index is -0.329. The highest BCUT2D eigenvalue weighted by atomic mass is 16.5. The predicted molar refractivity (Wildman–Crippen MR) is 67.8 cm³/mol. The van der Waals surface area contributed by atoms with Gasteiger partial charge >= 0.3 is 5.97 Å². The third kappa shape index (κ3) is 2.56. The summed E-state index contributed by atoms with van der Waals surface area (Å²) in [4.78, 5) is 14.4. The highest BCUT2D eigenvalue weighted by molar-refractivity contribution is 5.87. The van der Waals surface area contributed by atoms with Crippen LogP contribution in [0.2, 0.25) is 0 Å². The van der Waals surface area contributed by atoms with Gasteiger partial charge in [-0.15, -0.1) is 0 Å². The van der Waals surface area contributed by atoms with Crippen molar-refractivity contribution in [2.24, 2.45) is 0 Å². The highest BCUT2D eigenvalue weighted by Gasteiger charge is 2.05. The average molecular weight is 229 g/mol. The van der Waals surface area contributed by atoms with Crippen molar-refractivity contribution >= 4 is 16.9 Å². The number of hydrogen-bond acceptors (Lipinski definition) is 2. The number of hydrogen-bond donors (Lipinski definition) is 1. The van der Waals surface area contributed by atoms with Gasteiger partial charge < -0.3 is 9.72 Å². The van der Waals surface area contributed by atoms with Gasteiger partial charge in [0, 0.05) is 29.1 Å². The van der Waals surface area contributed by atoms with E-state index in [-0.39, 0.29) is 5.97 Å². The molecule has 0 aliphatic rings. The fourth-order valence-corrected chi connectivity index (χ4v) is 1.72. The van der Waals surface area contributed by atoms with Crippen LogP contribution in [0.15, 0.2) is 42.6 Å². The maximum absolute atomic E-state index is 11.2. The first-order valence-electron chi connectivity index (χ1n) is 5.56. The van der Waals surface area contributed by atoms with Crippen LogP contribution in [-0.4, -0.2) is 17.6 Å². The molecule has 0 amide bonds. The number of aromatic nitrogens is 1. The number of fused-ring (bicyclic) bond motifs is 1. The van der Waals surface area contributed by atoms with Gasteiger partial charge in [-0.3, -0.25) is 0 Å². The molecule has 0 unspecified atom stereocenters. The van der Waals surface area contributed by atoms with Gasteiger partial charge in [0.25, 0.3) is 0 Å². The second-order valence-corrected chi connectivity index (χ2v) is 4.03. The molecule has 17 heavy (non-hydrogen) atoms. The minimum Gasteiger partial charge on any atom is -0.462 e. The molecule has 1 aromatic heterocycles. The van der Waals surface area contributed by atoms with Crippen molar-refractivity contribution in [3.63, 3.8) is 0 Å². The van der Waals surface area contributed by atoms with Crippen molar-refractivity contribution in [2.75, 3.05) is 6.61 Å². The molecule has 1 aromatic carbocycles. The SMILES string of the molecule is C=C(C)C(=O)OCCc1c[nH]c2ccccc12. The van der Waals surface area contributed by atoms with Crippen LogP contribution in [0.1, 0.15) is 12.5 Å². The number of benzene rings is 1. The number of H-pyrrole nitrogens is 1. The summed E-state index contributed by atoms with van der Waals surface area (Å²) in [6, 6.07) is 8.07. The average Bonchev–Trinajstić information content (AvgIpc) is 2.72. The van der Waals surface area contributed by atoms with Gasteiger partial charge in [0.2, 0.25) is 0 Å². The van der Waals surface area contributed by atoms with Crippen LogP contribution < -0.4 is 0 Å².